The second-order valence-electron chi connectivity index (χ2n) is 5.53. The van der Waals surface area contributed by atoms with Crippen LogP contribution in [0.5, 0.6) is 0 Å². The summed E-state index contributed by atoms with van der Waals surface area (Å²) in [7, 11) is 2.00. The first kappa shape index (κ1) is 17.3. The Hall–Kier alpha value is -1.48. The number of hydrogen-bond acceptors (Lipinski definition) is 6. The lowest BCUT2D eigenvalue weighted by atomic mass is 10.2. The van der Waals surface area contributed by atoms with Gasteiger partial charge in [-0.15, -0.1) is 5.10 Å². The Morgan fingerprint density at radius 2 is 2.04 bits per heavy atom. The smallest absolute Gasteiger partial charge is 0.209 e. The third-order valence-corrected chi connectivity index (χ3v) is 4.99. The third-order valence-electron chi connectivity index (χ3n) is 3.34. The van der Waals surface area contributed by atoms with Crippen molar-refractivity contribution in [2.24, 2.45) is 0 Å². The van der Waals surface area contributed by atoms with Crippen molar-refractivity contribution in [1.82, 2.24) is 14.7 Å². The van der Waals surface area contributed by atoms with Gasteiger partial charge in [0.25, 0.3) is 0 Å². The fourth-order valence-corrected chi connectivity index (χ4v) is 3.54. The number of furan rings is 1. The van der Waals surface area contributed by atoms with Crippen molar-refractivity contribution in [3.05, 3.63) is 56.3 Å². The molecule has 0 aliphatic rings. The minimum absolute atomic E-state index is 0.600. The summed E-state index contributed by atoms with van der Waals surface area (Å²) in [6, 6.07) is 12.0. The van der Waals surface area contributed by atoms with Crippen LogP contribution in [-0.2, 0) is 13.2 Å². The molecule has 0 saturated heterocycles. The Kier molecular flexibility index (Phi) is 5.50. The van der Waals surface area contributed by atoms with E-state index in [0.29, 0.717) is 13.2 Å². The van der Waals surface area contributed by atoms with Gasteiger partial charge in [-0.25, -0.2) is 4.68 Å². The predicted molar refractivity (Wildman–Crippen MR) is 103 cm³/mol. The second-order valence-corrected chi connectivity index (χ2v) is 7.93. The van der Waals surface area contributed by atoms with Crippen molar-refractivity contribution in [1.29, 1.82) is 0 Å². The lowest BCUT2D eigenvalue weighted by molar-refractivity contribution is 0.226. The molecule has 0 bridgehead atoms. The predicted octanol–water partition coefficient (Wildman–Crippen LogP) is 5.17. The summed E-state index contributed by atoms with van der Waals surface area (Å²) in [6.07, 6.45) is 0. The Morgan fingerprint density at radius 3 is 2.71 bits per heavy atom. The highest BCUT2D eigenvalue weighted by atomic mass is 79.9. The number of hydrogen-bond donors (Lipinski definition) is 1. The molecule has 3 aromatic rings. The van der Waals surface area contributed by atoms with Crippen LogP contribution in [0.4, 0.5) is 10.8 Å². The molecule has 5 nitrogen and oxygen atoms in total. The number of rotatable bonds is 6. The molecule has 24 heavy (non-hydrogen) atoms. The molecule has 8 heteroatoms. The molecule has 0 unspecified atom stereocenters. The van der Waals surface area contributed by atoms with E-state index in [9.17, 15) is 0 Å². The van der Waals surface area contributed by atoms with Crippen LogP contribution in [0.3, 0.4) is 0 Å². The molecular formula is C16H17BrN4OS2. The van der Waals surface area contributed by atoms with Crippen LogP contribution >= 0.6 is 39.5 Å². The third kappa shape index (κ3) is 4.54. The summed E-state index contributed by atoms with van der Waals surface area (Å²) in [5.74, 6) is 0.893. The minimum atomic E-state index is 0.600. The number of nitrogens with one attached hydrogen (secondary N) is 1. The fraction of sp³-hybridized carbons (Fsp3) is 0.250. The lowest BCUT2D eigenvalue weighted by Gasteiger charge is -2.14. The van der Waals surface area contributed by atoms with Gasteiger partial charge < -0.3 is 9.73 Å². The van der Waals surface area contributed by atoms with E-state index in [1.807, 2.05) is 36.0 Å². The first-order valence-corrected chi connectivity index (χ1v) is 9.36. The molecule has 1 aromatic carbocycles. The van der Waals surface area contributed by atoms with Crippen LogP contribution in [0.25, 0.3) is 0 Å². The molecule has 0 aliphatic carbocycles. The van der Waals surface area contributed by atoms with Crippen molar-refractivity contribution in [2.45, 2.75) is 20.1 Å². The van der Waals surface area contributed by atoms with E-state index in [1.165, 1.54) is 16.9 Å². The lowest BCUT2D eigenvalue weighted by Crippen LogP contribution is -2.22. The van der Waals surface area contributed by atoms with Crippen LogP contribution in [0.2, 0.25) is 0 Å². The summed E-state index contributed by atoms with van der Waals surface area (Å²) < 4.78 is 8.81. The number of halogens is 1. The van der Waals surface area contributed by atoms with Crippen LogP contribution in [0.15, 0.2) is 45.5 Å². The first-order valence-electron chi connectivity index (χ1n) is 7.34. The van der Waals surface area contributed by atoms with Crippen molar-refractivity contribution in [3.8, 4) is 0 Å². The second kappa shape index (κ2) is 7.60. The Balaban J connectivity index is 1.65. The molecule has 0 saturated carbocycles. The van der Waals surface area contributed by atoms with E-state index in [4.69, 9.17) is 16.6 Å². The van der Waals surface area contributed by atoms with Gasteiger partial charge in [-0.1, -0.05) is 29.0 Å². The average molecular weight is 425 g/mol. The van der Waals surface area contributed by atoms with Gasteiger partial charge in [-0.3, -0.25) is 4.90 Å². The van der Waals surface area contributed by atoms with Crippen LogP contribution in [0.1, 0.15) is 11.3 Å². The summed E-state index contributed by atoms with van der Waals surface area (Å²) in [5, 5.41) is 8.64. The maximum atomic E-state index is 5.53. The molecule has 0 amide bonds. The maximum absolute atomic E-state index is 5.53. The van der Waals surface area contributed by atoms with E-state index in [-0.39, 0.29) is 0 Å². The SMILES string of the molecule is Cc1ccc(Nc2nn(CN(C)Cc3ccc(Br)o3)c(=S)s2)cc1. The van der Waals surface area contributed by atoms with E-state index < -0.39 is 0 Å². The van der Waals surface area contributed by atoms with Crippen LogP contribution < -0.4 is 5.32 Å². The highest BCUT2D eigenvalue weighted by Crippen LogP contribution is 2.21. The molecule has 0 spiro atoms. The monoisotopic (exact) mass is 424 g/mol. The van der Waals surface area contributed by atoms with E-state index in [2.05, 4.69) is 50.3 Å². The number of benzene rings is 1. The molecule has 3 rings (SSSR count). The van der Waals surface area contributed by atoms with Crippen molar-refractivity contribution < 1.29 is 4.42 Å². The Morgan fingerprint density at radius 1 is 1.29 bits per heavy atom. The van der Waals surface area contributed by atoms with E-state index in [1.54, 1.807) is 0 Å². The summed E-state index contributed by atoms with van der Waals surface area (Å²) >= 11 is 10.2. The largest absolute Gasteiger partial charge is 0.453 e. The van der Waals surface area contributed by atoms with Gasteiger partial charge in [-0.2, -0.15) is 0 Å². The molecule has 1 N–H and O–H groups in total. The topological polar surface area (TPSA) is 46.2 Å². The minimum Gasteiger partial charge on any atom is -0.453 e. The number of aryl methyl sites for hydroxylation is 1. The Labute approximate surface area is 158 Å². The van der Waals surface area contributed by atoms with Crippen molar-refractivity contribution >= 4 is 50.3 Å². The summed E-state index contributed by atoms with van der Waals surface area (Å²) in [5.41, 5.74) is 2.23. The molecular weight excluding hydrogens is 408 g/mol. The highest BCUT2D eigenvalue weighted by molar-refractivity contribution is 9.10. The fourth-order valence-electron chi connectivity index (χ4n) is 2.19. The molecule has 0 aliphatic heterocycles. The molecule has 0 fully saturated rings. The molecule has 2 heterocycles. The van der Waals surface area contributed by atoms with E-state index in [0.717, 1.165) is 25.2 Å². The van der Waals surface area contributed by atoms with Gasteiger partial charge in [0.2, 0.25) is 5.13 Å². The standard InChI is InChI=1S/C16H17BrN4OS2/c1-11-3-5-12(6-4-11)18-15-19-21(16(23)24-15)10-20(2)9-13-7-8-14(17)22-13/h3-8H,9-10H2,1-2H3,(H,18,19). The summed E-state index contributed by atoms with van der Waals surface area (Å²) in [6.45, 7) is 3.35. The zero-order valence-electron chi connectivity index (χ0n) is 13.3. The van der Waals surface area contributed by atoms with Crippen LogP contribution in [-0.4, -0.2) is 21.7 Å². The van der Waals surface area contributed by atoms with Gasteiger partial charge in [0, 0.05) is 5.69 Å². The quantitative estimate of drug-likeness (QED) is 0.552. The number of anilines is 2. The van der Waals surface area contributed by atoms with Crippen molar-refractivity contribution in [3.63, 3.8) is 0 Å². The maximum Gasteiger partial charge on any atom is 0.209 e. The van der Waals surface area contributed by atoms with Crippen LogP contribution in [0, 0.1) is 10.9 Å². The molecule has 0 atom stereocenters. The van der Waals surface area contributed by atoms with Gasteiger partial charge in [0.05, 0.1) is 13.2 Å². The van der Waals surface area contributed by atoms with Gasteiger partial charge >= 0.3 is 0 Å². The first-order chi connectivity index (χ1) is 11.5. The van der Waals surface area contributed by atoms with E-state index >= 15 is 0 Å². The number of aromatic nitrogens is 2. The molecule has 2 aromatic heterocycles. The van der Waals surface area contributed by atoms with Crippen molar-refractivity contribution in [2.75, 3.05) is 12.4 Å². The number of nitrogens with zero attached hydrogens (tertiary/aromatic N) is 3. The summed E-state index contributed by atoms with van der Waals surface area (Å²) in [4.78, 5) is 2.09. The highest BCUT2D eigenvalue weighted by Gasteiger charge is 2.09. The van der Waals surface area contributed by atoms with Gasteiger partial charge in [0.1, 0.15) is 5.76 Å². The zero-order valence-corrected chi connectivity index (χ0v) is 16.5. The molecule has 126 valence electrons. The normalized spacial score (nSPS) is 11.2. The molecule has 0 radical (unpaired) electrons. The van der Waals surface area contributed by atoms with Gasteiger partial charge in [-0.05, 0) is 66.4 Å². The average Bonchev–Trinajstić information content (AvgIpc) is 3.08. The Bertz CT molecular complexity index is 869. The van der Waals surface area contributed by atoms with Gasteiger partial charge in [0.15, 0.2) is 8.62 Å². The zero-order chi connectivity index (χ0) is 17.1.